The van der Waals surface area contributed by atoms with Gasteiger partial charge in [-0.3, -0.25) is 0 Å². The molecule has 1 heterocycles. The minimum Gasteiger partial charge on any atom is -0.338 e. The van der Waals surface area contributed by atoms with Crippen LogP contribution in [0, 0.1) is 0 Å². The summed E-state index contributed by atoms with van der Waals surface area (Å²) in [7, 11) is 0. The fourth-order valence-electron chi connectivity index (χ4n) is 1.10. The molecule has 0 aliphatic carbocycles. The predicted octanol–water partition coefficient (Wildman–Crippen LogP) is 1.97. The van der Waals surface area contributed by atoms with Gasteiger partial charge < -0.3 is 10.3 Å². The first-order valence-corrected chi connectivity index (χ1v) is 4.57. The highest BCUT2D eigenvalue weighted by molar-refractivity contribution is 4.93. The van der Waals surface area contributed by atoms with E-state index in [0.717, 1.165) is 6.42 Å². The van der Waals surface area contributed by atoms with Gasteiger partial charge in [-0.15, -0.1) is 0 Å². The summed E-state index contributed by atoms with van der Waals surface area (Å²) in [5, 5.41) is 3.22. The lowest BCUT2D eigenvalue weighted by Crippen LogP contribution is -2.13. The Balaban J connectivity index is 2.64. The molecule has 1 atom stereocenters. The van der Waals surface area contributed by atoms with E-state index in [1.54, 1.807) is 0 Å². The summed E-state index contributed by atoms with van der Waals surface area (Å²) in [6.45, 7) is 1.91. The van der Waals surface area contributed by atoms with Crippen LogP contribution < -0.4 is 5.73 Å². The van der Waals surface area contributed by atoms with Gasteiger partial charge in [-0.2, -0.15) is 18.2 Å². The zero-order chi connectivity index (χ0) is 11.5. The maximum absolute atomic E-state index is 11.9. The summed E-state index contributed by atoms with van der Waals surface area (Å²) in [6.07, 6.45) is -4.10. The van der Waals surface area contributed by atoms with E-state index in [9.17, 15) is 13.2 Å². The van der Waals surface area contributed by atoms with Crippen LogP contribution in [0.25, 0.3) is 0 Å². The van der Waals surface area contributed by atoms with Gasteiger partial charge in [0.1, 0.15) is 6.42 Å². The van der Waals surface area contributed by atoms with Crippen LogP contribution in [-0.4, -0.2) is 16.3 Å². The fraction of sp³-hybridized carbons (Fsp3) is 0.750. The van der Waals surface area contributed by atoms with Gasteiger partial charge in [-0.25, -0.2) is 0 Å². The first-order valence-electron chi connectivity index (χ1n) is 4.57. The lowest BCUT2D eigenvalue weighted by molar-refractivity contribution is -0.128. The van der Waals surface area contributed by atoms with E-state index in [-0.39, 0.29) is 11.7 Å². The second-order valence-corrected chi connectivity index (χ2v) is 3.24. The number of nitrogens with zero attached hydrogens (tertiary/aromatic N) is 2. The first kappa shape index (κ1) is 12.0. The van der Waals surface area contributed by atoms with Gasteiger partial charge in [0, 0.05) is 0 Å². The molecule has 4 nitrogen and oxygen atoms in total. The molecule has 0 spiro atoms. The van der Waals surface area contributed by atoms with Crippen molar-refractivity contribution in [3.8, 4) is 0 Å². The highest BCUT2D eigenvalue weighted by Gasteiger charge is 2.31. The number of aromatic nitrogens is 2. The Morgan fingerprint density at radius 1 is 1.47 bits per heavy atom. The molecule has 0 bridgehead atoms. The van der Waals surface area contributed by atoms with Gasteiger partial charge in [-0.1, -0.05) is 18.5 Å². The summed E-state index contributed by atoms with van der Waals surface area (Å²) in [5.41, 5.74) is 5.61. The summed E-state index contributed by atoms with van der Waals surface area (Å²) in [5.74, 6) is -0.305. The van der Waals surface area contributed by atoms with Gasteiger partial charge in [0.15, 0.2) is 5.82 Å². The number of rotatable bonds is 4. The third-order valence-electron chi connectivity index (χ3n) is 1.76. The maximum Gasteiger partial charge on any atom is 0.396 e. The Morgan fingerprint density at radius 2 is 2.13 bits per heavy atom. The molecule has 0 aliphatic rings. The molecule has 0 saturated carbocycles. The number of nitrogens with two attached hydrogens (primary N) is 1. The van der Waals surface area contributed by atoms with E-state index >= 15 is 0 Å². The van der Waals surface area contributed by atoms with Crippen molar-refractivity contribution in [2.45, 2.75) is 38.4 Å². The average Bonchev–Trinajstić information content (AvgIpc) is 2.50. The third-order valence-corrected chi connectivity index (χ3v) is 1.76. The largest absolute Gasteiger partial charge is 0.396 e. The molecule has 86 valence electrons. The van der Waals surface area contributed by atoms with Crippen molar-refractivity contribution in [1.82, 2.24) is 10.1 Å². The Kier molecular flexibility index (Phi) is 3.67. The maximum atomic E-state index is 11.9. The molecule has 2 N–H and O–H groups in total. The second-order valence-electron chi connectivity index (χ2n) is 3.24. The van der Waals surface area contributed by atoms with E-state index in [0.29, 0.717) is 6.42 Å². The molecular weight excluding hydrogens is 211 g/mol. The van der Waals surface area contributed by atoms with Crippen molar-refractivity contribution in [1.29, 1.82) is 0 Å². The van der Waals surface area contributed by atoms with E-state index < -0.39 is 18.6 Å². The lowest BCUT2D eigenvalue weighted by atomic mass is 10.2. The highest BCUT2D eigenvalue weighted by Crippen LogP contribution is 2.21. The van der Waals surface area contributed by atoms with Crippen LogP contribution in [0.4, 0.5) is 13.2 Å². The zero-order valence-corrected chi connectivity index (χ0v) is 8.21. The van der Waals surface area contributed by atoms with E-state index in [1.165, 1.54) is 0 Å². The highest BCUT2D eigenvalue weighted by atomic mass is 19.4. The molecule has 1 rings (SSSR count). The molecule has 0 aromatic carbocycles. The molecule has 0 fully saturated rings. The minimum atomic E-state index is -4.32. The van der Waals surface area contributed by atoms with Crippen LogP contribution in [-0.2, 0) is 6.42 Å². The molecule has 0 radical (unpaired) electrons. The standard InChI is InChI=1S/C8H12F3N3O/c1-2-3-5(12)7-13-6(14-15-7)4-8(9,10)11/h5H,2-4,12H2,1H3/t5-/m1/s1. The molecule has 1 aromatic heterocycles. The summed E-state index contributed by atoms with van der Waals surface area (Å²) >= 11 is 0. The van der Waals surface area contributed by atoms with Gasteiger partial charge in [0.05, 0.1) is 6.04 Å². The van der Waals surface area contributed by atoms with Crippen molar-refractivity contribution in [3.63, 3.8) is 0 Å². The molecule has 1 aromatic rings. The van der Waals surface area contributed by atoms with Gasteiger partial charge in [0.25, 0.3) is 0 Å². The van der Waals surface area contributed by atoms with Crippen LogP contribution >= 0.6 is 0 Å². The minimum absolute atomic E-state index is 0.0658. The molecule has 0 saturated heterocycles. The number of alkyl halides is 3. The topological polar surface area (TPSA) is 64.9 Å². The molecular formula is C8H12F3N3O. The van der Waals surface area contributed by atoms with Crippen LogP contribution in [0.2, 0.25) is 0 Å². The third kappa shape index (κ3) is 3.86. The SMILES string of the molecule is CCC[C@@H](N)c1nc(CC(F)(F)F)no1. The molecule has 0 amide bonds. The van der Waals surface area contributed by atoms with Crippen molar-refractivity contribution < 1.29 is 17.7 Å². The molecule has 7 heteroatoms. The quantitative estimate of drug-likeness (QED) is 0.847. The van der Waals surface area contributed by atoms with Gasteiger partial charge >= 0.3 is 6.18 Å². The van der Waals surface area contributed by atoms with Crippen molar-refractivity contribution in [2.75, 3.05) is 0 Å². The Morgan fingerprint density at radius 3 is 2.67 bits per heavy atom. The Bertz CT molecular complexity index is 310. The van der Waals surface area contributed by atoms with Crippen LogP contribution in [0.3, 0.4) is 0 Å². The van der Waals surface area contributed by atoms with Crippen molar-refractivity contribution in [2.24, 2.45) is 5.73 Å². The smallest absolute Gasteiger partial charge is 0.338 e. The van der Waals surface area contributed by atoms with Gasteiger partial charge in [-0.05, 0) is 6.42 Å². The predicted molar refractivity (Wildman–Crippen MR) is 45.9 cm³/mol. The Hall–Kier alpha value is -1.11. The number of halogens is 3. The first-order chi connectivity index (χ1) is 6.92. The van der Waals surface area contributed by atoms with Gasteiger partial charge in [0.2, 0.25) is 5.89 Å². The van der Waals surface area contributed by atoms with E-state index in [4.69, 9.17) is 5.73 Å². The summed E-state index contributed by atoms with van der Waals surface area (Å²) in [4.78, 5) is 3.59. The zero-order valence-electron chi connectivity index (χ0n) is 8.21. The second kappa shape index (κ2) is 4.61. The Labute approximate surface area is 84.6 Å². The lowest BCUT2D eigenvalue weighted by Gasteiger charge is -2.02. The van der Waals surface area contributed by atoms with Crippen molar-refractivity contribution in [3.05, 3.63) is 11.7 Å². The summed E-state index contributed by atoms with van der Waals surface area (Å²) in [6, 6.07) is -0.482. The monoisotopic (exact) mass is 223 g/mol. The van der Waals surface area contributed by atoms with E-state index in [2.05, 4.69) is 14.7 Å². The van der Waals surface area contributed by atoms with Crippen LogP contribution in [0.15, 0.2) is 4.52 Å². The normalized spacial score (nSPS) is 14.2. The fourth-order valence-corrected chi connectivity index (χ4v) is 1.10. The average molecular weight is 223 g/mol. The van der Waals surface area contributed by atoms with Crippen LogP contribution in [0.1, 0.15) is 37.5 Å². The van der Waals surface area contributed by atoms with E-state index in [1.807, 2.05) is 6.92 Å². The molecule has 0 unspecified atom stereocenters. The van der Waals surface area contributed by atoms with Crippen molar-refractivity contribution >= 4 is 0 Å². The number of hydrogen-bond acceptors (Lipinski definition) is 4. The van der Waals surface area contributed by atoms with Crippen LogP contribution in [0.5, 0.6) is 0 Å². The molecule has 0 aliphatic heterocycles. The molecule has 15 heavy (non-hydrogen) atoms. The summed E-state index contributed by atoms with van der Waals surface area (Å²) < 4.78 is 40.5. The number of hydrogen-bond donors (Lipinski definition) is 1.